The first-order valence-corrected chi connectivity index (χ1v) is 7.76. The minimum Gasteiger partial charge on any atom is -0.481 e. The van der Waals surface area contributed by atoms with Gasteiger partial charge in [-0.1, -0.05) is 27.7 Å². The Kier molecular flexibility index (Phi) is 4.24. The van der Waals surface area contributed by atoms with Gasteiger partial charge in [0, 0.05) is 19.1 Å². The van der Waals surface area contributed by atoms with Crippen molar-refractivity contribution in [3.05, 3.63) is 0 Å². The number of carboxylic acids is 1. The number of nitrogens with zero attached hydrogens (tertiary/aromatic N) is 1. The Hall–Kier alpha value is -0.570. The molecular formula is C16H29NO2. The molecule has 0 aromatic carbocycles. The van der Waals surface area contributed by atoms with Gasteiger partial charge in [0.1, 0.15) is 0 Å². The van der Waals surface area contributed by atoms with Gasteiger partial charge in [0.25, 0.3) is 0 Å². The quantitative estimate of drug-likeness (QED) is 0.853. The van der Waals surface area contributed by atoms with Gasteiger partial charge < -0.3 is 5.11 Å². The Labute approximate surface area is 117 Å². The third-order valence-electron chi connectivity index (χ3n) is 5.47. The van der Waals surface area contributed by atoms with E-state index in [0.717, 1.165) is 25.0 Å². The van der Waals surface area contributed by atoms with Crippen LogP contribution in [0.4, 0.5) is 0 Å². The molecule has 0 aromatic rings. The molecule has 1 aliphatic heterocycles. The van der Waals surface area contributed by atoms with E-state index in [1.807, 2.05) is 6.92 Å². The van der Waals surface area contributed by atoms with E-state index in [4.69, 9.17) is 5.11 Å². The molecule has 3 nitrogen and oxygen atoms in total. The zero-order valence-corrected chi connectivity index (χ0v) is 12.9. The summed E-state index contributed by atoms with van der Waals surface area (Å²) >= 11 is 0. The molecule has 19 heavy (non-hydrogen) atoms. The summed E-state index contributed by atoms with van der Waals surface area (Å²) in [6.07, 6.45) is 5.28. The molecule has 0 radical (unpaired) electrons. The van der Waals surface area contributed by atoms with Gasteiger partial charge in [-0.05, 0) is 42.9 Å². The van der Waals surface area contributed by atoms with E-state index in [1.165, 1.54) is 25.7 Å². The van der Waals surface area contributed by atoms with Crippen LogP contribution in [-0.2, 0) is 4.79 Å². The van der Waals surface area contributed by atoms with Crippen molar-refractivity contribution in [1.82, 2.24) is 4.90 Å². The van der Waals surface area contributed by atoms with Gasteiger partial charge in [0.15, 0.2) is 0 Å². The van der Waals surface area contributed by atoms with Gasteiger partial charge in [-0.25, -0.2) is 0 Å². The highest BCUT2D eigenvalue weighted by molar-refractivity contribution is 5.70. The van der Waals surface area contributed by atoms with Crippen molar-refractivity contribution >= 4 is 5.97 Å². The molecule has 0 amide bonds. The van der Waals surface area contributed by atoms with E-state index >= 15 is 0 Å². The maximum atomic E-state index is 11.0. The summed E-state index contributed by atoms with van der Waals surface area (Å²) in [4.78, 5) is 13.5. The second kappa shape index (κ2) is 5.43. The smallest absolute Gasteiger partial charge is 0.306 e. The highest BCUT2D eigenvalue weighted by Gasteiger charge is 2.40. The zero-order chi connectivity index (χ0) is 14.2. The van der Waals surface area contributed by atoms with Crippen LogP contribution >= 0.6 is 0 Å². The summed E-state index contributed by atoms with van der Waals surface area (Å²) in [5.41, 5.74) is 0.445. The minimum atomic E-state index is -0.638. The first kappa shape index (κ1) is 14.8. The van der Waals surface area contributed by atoms with Crippen LogP contribution < -0.4 is 0 Å². The fourth-order valence-corrected chi connectivity index (χ4v) is 3.67. The molecule has 1 aliphatic carbocycles. The van der Waals surface area contributed by atoms with E-state index in [-0.39, 0.29) is 5.92 Å². The molecule has 3 heteroatoms. The lowest BCUT2D eigenvalue weighted by atomic mass is 9.70. The molecule has 2 aliphatic rings. The van der Waals surface area contributed by atoms with E-state index < -0.39 is 5.97 Å². The van der Waals surface area contributed by atoms with Crippen LogP contribution in [0, 0.1) is 23.2 Å². The summed E-state index contributed by atoms with van der Waals surface area (Å²) in [7, 11) is 0. The van der Waals surface area contributed by atoms with Gasteiger partial charge in [0.05, 0.1) is 5.92 Å². The first-order valence-electron chi connectivity index (χ1n) is 7.76. The van der Waals surface area contributed by atoms with Crippen LogP contribution in [0.15, 0.2) is 0 Å². The lowest BCUT2D eigenvalue weighted by molar-refractivity contribution is -0.146. The highest BCUT2D eigenvalue weighted by Crippen LogP contribution is 2.40. The van der Waals surface area contributed by atoms with Crippen molar-refractivity contribution in [2.24, 2.45) is 23.2 Å². The minimum absolute atomic E-state index is 0.179. The second-order valence-corrected chi connectivity index (χ2v) is 7.71. The second-order valence-electron chi connectivity index (χ2n) is 7.71. The molecule has 1 atom stereocenters. The topological polar surface area (TPSA) is 40.5 Å². The third kappa shape index (κ3) is 3.31. The number of rotatable bonds is 3. The van der Waals surface area contributed by atoms with Gasteiger partial charge >= 0.3 is 5.97 Å². The Morgan fingerprint density at radius 2 is 1.68 bits per heavy atom. The number of hydrogen-bond donors (Lipinski definition) is 1. The molecule has 0 spiro atoms. The molecule has 1 N–H and O–H groups in total. The summed E-state index contributed by atoms with van der Waals surface area (Å²) < 4.78 is 0. The molecule has 110 valence electrons. The molecule has 0 aromatic heterocycles. The molecular weight excluding hydrogens is 238 g/mol. The van der Waals surface area contributed by atoms with Crippen LogP contribution in [0.5, 0.6) is 0 Å². The summed E-state index contributed by atoms with van der Waals surface area (Å²) in [6.45, 7) is 10.9. The summed E-state index contributed by atoms with van der Waals surface area (Å²) in [5, 5.41) is 9.02. The normalized spacial score (nSPS) is 31.8. The van der Waals surface area contributed by atoms with Crippen LogP contribution in [0.1, 0.15) is 53.4 Å². The molecule has 1 unspecified atom stereocenters. The summed E-state index contributed by atoms with van der Waals surface area (Å²) in [6, 6.07) is 0.718. The summed E-state index contributed by atoms with van der Waals surface area (Å²) in [5.74, 6) is 0.417. The number of carboxylic acid groups (broad SMARTS) is 1. The average molecular weight is 267 g/mol. The largest absolute Gasteiger partial charge is 0.481 e. The van der Waals surface area contributed by atoms with Crippen LogP contribution in [0.3, 0.4) is 0 Å². The van der Waals surface area contributed by atoms with Crippen LogP contribution in [0.2, 0.25) is 0 Å². The number of carbonyl (C=O) groups is 1. The Bertz CT molecular complexity index is 320. The Balaban J connectivity index is 1.75. The lowest BCUT2D eigenvalue weighted by Gasteiger charge is -2.49. The highest BCUT2D eigenvalue weighted by atomic mass is 16.4. The third-order valence-corrected chi connectivity index (χ3v) is 5.47. The van der Waals surface area contributed by atoms with Crippen molar-refractivity contribution in [3.63, 3.8) is 0 Å². The van der Waals surface area contributed by atoms with E-state index in [0.29, 0.717) is 11.3 Å². The molecule has 1 saturated carbocycles. The Morgan fingerprint density at radius 1 is 1.16 bits per heavy atom. The number of aliphatic carboxylic acids is 1. The predicted octanol–water partition coefficient (Wildman–Crippen LogP) is 3.24. The monoisotopic (exact) mass is 267 g/mol. The van der Waals surface area contributed by atoms with Gasteiger partial charge in [-0.3, -0.25) is 9.69 Å². The van der Waals surface area contributed by atoms with Gasteiger partial charge in [-0.15, -0.1) is 0 Å². The van der Waals surface area contributed by atoms with Crippen LogP contribution in [-0.4, -0.2) is 35.1 Å². The van der Waals surface area contributed by atoms with Gasteiger partial charge in [0.2, 0.25) is 0 Å². The van der Waals surface area contributed by atoms with Crippen molar-refractivity contribution in [1.29, 1.82) is 0 Å². The first-order chi connectivity index (χ1) is 8.79. The van der Waals surface area contributed by atoms with Crippen molar-refractivity contribution in [2.75, 3.05) is 13.1 Å². The van der Waals surface area contributed by atoms with Gasteiger partial charge in [-0.2, -0.15) is 0 Å². The van der Waals surface area contributed by atoms with Crippen LogP contribution in [0.25, 0.3) is 0 Å². The standard InChI is InChI=1S/C16H29NO2/c1-11(15(18)19)12-9-17(10-12)14-7-5-13(6-8-14)16(2,3)4/h11-14H,5-10H2,1-4H3,(H,18,19). The fraction of sp³-hybridized carbons (Fsp3) is 0.938. The molecule has 2 fully saturated rings. The molecule has 0 bridgehead atoms. The molecule has 2 rings (SSSR count). The zero-order valence-electron chi connectivity index (χ0n) is 12.9. The van der Waals surface area contributed by atoms with Crippen molar-refractivity contribution in [2.45, 2.75) is 59.4 Å². The molecule has 1 saturated heterocycles. The van der Waals surface area contributed by atoms with Crippen molar-refractivity contribution < 1.29 is 9.90 Å². The predicted molar refractivity (Wildman–Crippen MR) is 77.1 cm³/mol. The van der Waals surface area contributed by atoms with Crippen molar-refractivity contribution in [3.8, 4) is 0 Å². The number of likely N-dealkylation sites (tertiary alicyclic amines) is 1. The number of hydrogen-bond acceptors (Lipinski definition) is 2. The van der Waals surface area contributed by atoms with E-state index in [1.54, 1.807) is 0 Å². The lowest BCUT2D eigenvalue weighted by Crippen LogP contribution is -2.56. The molecule has 1 heterocycles. The SMILES string of the molecule is CC(C(=O)O)C1CN(C2CCC(C(C)(C)C)CC2)C1. The van der Waals surface area contributed by atoms with E-state index in [2.05, 4.69) is 25.7 Å². The van der Waals surface area contributed by atoms with E-state index in [9.17, 15) is 4.79 Å². The Morgan fingerprint density at radius 3 is 2.11 bits per heavy atom. The maximum Gasteiger partial charge on any atom is 0.306 e. The fourth-order valence-electron chi connectivity index (χ4n) is 3.67. The maximum absolute atomic E-state index is 11.0. The average Bonchev–Trinajstić information content (AvgIpc) is 2.26.